The Balaban J connectivity index is 2.27. The maximum absolute atomic E-state index is 12.1. The summed E-state index contributed by atoms with van der Waals surface area (Å²) in [6.07, 6.45) is -1.39. The number of hydrogen-bond acceptors (Lipinski definition) is 4. The molecule has 1 aromatic heterocycles. The van der Waals surface area contributed by atoms with Crippen molar-refractivity contribution in [1.82, 2.24) is 15.5 Å². The predicted octanol–water partition coefficient (Wildman–Crippen LogP) is 2.33. The molecule has 0 atom stereocenters. The highest BCUT2D eigenvalue weighted by Gasteiger charge is 2.15. The molecule has 0 fully saturated rings. The number of rotatable bonds is 5. The first-order chi connectivity index (χ1) is 7.38. The van der Waals surface area contributed by atoms with E-state index in [1.807, 2.05) is 0 Å². The molecular weight excluding hydrogens is 216 g/mol. The molecular formula is C10H17F2N3O. The zero-order valence-electron chi connectivity index (χ0n) is 9.76. The Morgan fingerprint density at radius 3 is 2.50 bits per heavy atom. The van der Waals surface area contributed by atoms with Crippen molar-refractivity contribution in [3.8, 4) is 0 Å². The summed E-state index contributed by atoms with van der Waals surface area (Å²) < 4.78 is 29.0. The van der Waals surface area contributed by atoms with Crippen LogP contribution in [0.5, 0.6) is 0 Å². The van der Waals surface area contributed by atoms with Crippen LogP contribution in [0.1, 0.15) is 45.4 Å². The SMILES string of the molecule is CC(C)(C)NCCCc1nnc(C(F)F)o1. The molecule has 0 aliphatic carbocycles. The fraction of sp³-hybridized carbons (Fsp3) is 0.800. The van der Waals surface area contributed by atoms with E-state index in [1.165, 1.54) is 0 Å². The van der Waals surface area contributed by atoms with Crippen molar-refractivity contribution in [2.24, 2.45) is 0 Å². The van der Waals surface area contributed by atoms with E-state index in [9.17, 15) is 8.78 Å². The summed E-state index contributed by atoms with van der Waals surface area (Å²) in [5.74, 6) is -0.329. The van der Waals surface area contributed by atoms with Crippen LogP contribution in [0.2, 0.25) is 0 Å². The van der Waals surface area contributed by atoms with Crippen LogP contribution in [0.4, 0.5) is 8.78 Å². The van der Waals surface area contributed by atoms with E-state index in [0.29, 0.717) is 6.42 Å². The van der Waals surface area contributed by atoms with Gasteiger partial charge in [0, 0.05) is 12.0 Å². The van der Waals surface area contributed by atoms with Gasteiger partial charge in [0.25, 0.3) is 5.89 Å². The Kier molecular flexibility index (Phi) is 4.35. The van der Waals surface area contributed by atoms with E-state index in [1.54, 1.807) is 0 Å². The van der Waals surface area contributed by atoms with Gasteiger partial charge in [-0.1, -0.05) is 0 Å². The standard InChI is InChI=1S/C10H17F2N3O/c1-10(2,3)13-6-4-5-7-14-15-9(16-7)8(11)12/h8,13H,4-6H2,1-3H3. The fourth-order valence-corrected chi connectivity index (χ4v) is 1.16. The van der Waals surface area contributed by atoms with Crippen LogP contribution >= 0.6 is 0 Å². The second kappa shape index (κ2) is 5.34. The van der Waals surface area contributed by atoms with Gasteiger partial charge in [0.1, 0.15) is 0 Å². The van der Waals surface area contributed by atoms with Gasteiger partial charge in [0.15, 0.2) is 0 Å². The van der Waals surface area contributed by atoms with Crippen LogP contribution in [0, 0.1) is 0 Å². The molecule has 0 saturated carbocycles. The zero-order valence-corrected chi connectivity index (χ0v) is 9.76. The molecule has 0 amide bonds. The zero-order chi connectivity index (χ0) is 12.2. The Bertz CT molecular complexity index is 320. The van der Waals surface area contributed by atoms with Crippen molar-refractivity contribution in [1.29, 1.82) is 0 Å². The van der Waals surface area contributed by atoms with Gasteiger partial charge in [-0.25, -0.2) is 0 Å². The first-order valence-electron chi connectivity index (χ1n) is 5.24. The summed E-state index contributed by atoms with van der Waals surface area (Å²) in [7, 11) is 0. The van der Waals surface area contributed by atoms with E-state index in [-0.39, 0.29) is 11.4 Å². The first kappa shape index (κ1) is 13.0. The fourth-order valence-electron chi connectivity index (χ4n) is 1.16. The van der Waals surface area contributed by atoms with Crippen LogP contribution in [0.15, 0.2) is 4.42 Å². The van der Waals surface area contributed by atoms with Crippen molar-refractivity contribution in [2.75, 3.05) is 6.54 Å². The molecule has 1 aromatic rings. The highest BCUT2D eigenvalue weighted by atomic mass is 19.3. The smallest absolute Gasteiger partial charge is 0.314 e. The van der Waals surface area contributed by atoms with Crippen molar-refractivity contribution in [2.45, 2.75) is 45.6 Å². The number of alkyl halides is 2. The lowest BCUT2D eigenvalue weighted by Gasteiger charge is -2.19. The third-order valence-corrected chi connectivity index (χ3v) is 1.89. The lowest BCUT2D eigenvalue weighted by atomic mass is 10.1. The molecule has 0 aliphatic heterocycles. The molecule has 0 spiro atoms. The van der Waals surface area contributed by atoms with Crippen molar-refractivity contribution in [3.05, 3.63) is 11.8 Å². The van der Waals surface area contributed by atoms with Gasteiger partial charge in [0.05, 0.1) is 0 Å². The van der Waals surface area contributed by atoms with E-state index in [4.69, 9.17) is 4.42 Å². The lowest BCUT2D eigenvalue weighted by molar-refractivity contribution is 0.113. The molecule has 4 nitrogen and oxygen atoms in total. The van der Waals surface area contributed by atoms with E-state index in [0.717, 1.165) is 13.0 Å². The van der Waals surface area contributed by atoms with E-state index >= 15 is 0 Å². The second-order valence-electron chi connectivity index (χ2n) is 4.62. The minimum absolute atomic E-state index is 0.0585. The van der Waals surface area contributed by atoms with Gasteiger partial charge in [-0.05, 0) is 33.7 Å². The molecule has 16 heavy (non-hydrogen) atoms. The minimum Gasteiger partial charge on any atom is -0.420 e. The molecule has 0 aromatic carbocycles. The highest BCUT2D eigenvalue weighted by Crippen LogP contribution is 2.16. The van der Waals surface area contributed by atoms with Crippen LogP contribution in [0.25, 0.3) is 0 Å². The number of nitrogens with one attached hydrogen (secondary N) is 1. The molecule has 6 heteroatoms. The summed E-state index contributed by atoms with van der Waals surface area (Å²) in [5, 5.41) is 10.1. The molecule has 1 N–H and O–H groups in total. The van der Waals surface area contributed by atoms with E-state index < -0.39 is 12.3 Å². The van der Waals surface area contributed by atoms with Gasteiger partial charge in [-0.15, -0.1) is 10.2 Å². The largest absolute Gasteiger partial charge is 0.420 e. The number of hydrogen-bond donors (Lipinski definition) is 1. The van der Waals surface area contributed by atoms with Crippen molar-refractivity contribution in [3.63, 3.8) is 0 Å². The van der Waals surface area contributed by atoms with Gasteiger partial charge >= 0.3 is 6.43 Å². The average molecular weight is 233 g/mol. The summed E-state index contributed by atoms with van der Waals surface area (Å²) in [6, 6.07) is 0. The Morgan fingerprint density at radius 1 is 1.31 bits per heavy atom. The number of aromatic nitrogens is 2. The summed E-state index contributed by atoms with van der Waals surface area (Å²) in [4.78, 5) is 0. The number of nitrogens with zero attached hydrogens (tertiary/aromatic N) is 2. The molecule has 0 bridgehead atoms. The number of halogens is 2. The lowest BCUT2D eigenvalue weighted by Crippen LogP contribution is -2.36. The van der Waals surface area contributed by atoms with Crippen LogP contribution < -0.4 is 5.32 Å². The van der Waals surface area contributed by atoms with Gasteiger partial charge < -0.3 is 9.73 Å². The molecule has 0 aliphatic rings. The summed E-state index contributed by atoms with van der Waals surface area (Å²) >= 11 is 0. The Labute approximate surface area is 93.4 Å². The van der Waals surface area contributed by atoms with Gasteiger partial charge in [-0.3, -0.25) is 0 Å². The Hall–Kier alpha value is -1.04. The monoisotopic (exact) mass is 233 g/mol. The van der Waals surface area contributed by atoms with Gasteiger partial charge in [-0.2, -0.15) is 8.78 Å². The second-order valence-corrected chi connectivity index (χ2v) is 4.62. The molecule has 92 valence electrons. The van der Waals surface area contributed by atoms with E-state index in [2.05, 4.69) is 36.3 Å². The number of aryl methyl sites for hydroxylation is 1. The molecule has 0 saturated heterocycles. The average Bonchev–Trinajstić information content (AvgIpc) is 2.59. The maximum Gasteiger partial charge on any atom is 0.314 e. The van der Waals surface area contributed by atoms with Crippen molar-refractivity contribution >= 4 is 0 Å². The third kappa shape index (κ3) is 4.65. The van der Waals surface area contributed by atoms with Crippen LogP contribution in [0.3, 0.4) is 0 Å². The molecule has 0 unspecified atom stereocenters. The topological polar surface area (TPSA) is 51.0 Å². The first-order valence-corrected chi connectivity index (χ1v) is 5.24. The summed E-state index contributed by atoms with van der Waals surface area (Å²) in [5.41, 5.74) is 0.0585. The summed E-state index contributed by atoms with van der Waals surface area (Å²) in [6.45, 7) is 6.98. The molecule has 1 heterocycles. The normalized spacial score (nSPS) is 12.4. The Morgan fingerprint density at radius 2 is 2.00 bits per heavy atom. The third-order valence-electron chi connectivity index (χ3n) is 1.89. The maximum atomic E-state index is 12.1. The van der Waals surface area contributed by atoms with Gasteiger partial charge in [0.2, 0.25) is 5.89 Å². The quantitative estimate of drug-likeness (QED) is 0.793. The molecule has 0 radical (unpaired) electrons. The molecule has 1 rings (SSSR count). The minimum atomic E-state index is -2.69. The van der Waals surface area contributed by atoms with Crippen LogP contribution in [-0.4, -0.2) is 22.3 Å². The highest BCUT2D eigenvalue weighted by molar-refractivity contribution is 4.83. The van der Waals surface area contributed by atoms with Crippen LogP contribution in [-0.2, 0) is 6.42 Å². The predicted molar refractivity (Wildman–Crippen MR) is 55.3 cm³/mol. The van der Waals surface area contributed by atoms with Crippen molar-refractivity contribution < 1.29 is 13.2 Å².